The highest BCUT2D eigenvalue weighted by molar-refractivity contribution is 6.33. The van der Waals surface area contributed by atoms with E-state index in [1.165, 1.54) is 12.3 Å². The summed E-state index contributed by atoms with van der Waals surface area (Å²) < 4.78 is 15.2. The van der Waals surface area contributed by atoms with Gasteiger partial charge in [-0.2, -0.15) is 0 Å². The van der Waals surface area contributed by atoms with Gasteiger partial charge in [0.15, 0.2) is 0 Å². The fraction of sp³-hybridized carbons (Fsp3) is 0.455. The zero-order valence-electron chi connectivity index (χ0n) is 9.89. The van der Waals surface area contributed by atoms with Crippen LogP contribution in [0.1, 0.15) is 10.4 Å². The van der Waals surface area contributed by atoms with Crippen molar-refractivity contribution in [3.8, 4) is 5.88 Å². The van der Waals surface area contributed by atoms with Crippen molar-refractivity contribution in [2.24, 2.45) is 0 Å². The summed E-state index contributed by atoms with van der Waals surface area (Å²) in [5.74, 6) is -0.921. The van der Waals surface area contributed by atoms with E-state index in [1.807, 2.05) is 0 Å². The van der Waals surface area contributed by atoms with E-state index in [2.05, 4.69) is 4.98 Å². The SMILES string of the molecule is COCCOCCOc1cc(C(=O)O)c(Cl)cn1. The normalized spacial score (nSPS) is 10.3. The Morgan fingerprint density at radius 1 is 1.39 bits per heavy atom. The van der Waals surface area contributed by atoms with Gasteiger partial charge < -0.3 is 19.3 Å². The second kappa shape index (κ2) is 7.86. The summed E-state index contributed by atoms with van der Waals surface area (Å²) >= 11 is 5.67. The Morgan fingerprint density at radius 3 is 2.78 bits per heavy atom. The van der Waals surface area contributed by atoms with Gasteiger partial charge in [-0.25, -0.2) is 9.78 Å². The maximum absolute atomic E-state index is 10.8. The minimum atomic E-state index is -1.12. The van der Waals surface area contributed by atoms with E-state index in [0.29, 0.717) is 19.8 Å². The Hall–Kier alpha value is -1.37. The van der Waals surface area contributed by atoms with Gasteiger partial charge in [-0.05, 0) is 0 Å². The number of pyridine rings is 1. The molecule has 0 saturated carbocycles. The number of hydrogen-bond acceptors (Lipinski definition) is 5. The number of aromatic carboxylic acids is 1. The quantitative estimate of drug-likeness (QED) is 0.724. The van der Waals surface area contributed by atoms with Gasteiger partial charge >= 0.3 is 5.97 Å². The summed E-state index contributed by atoms with van der Waals surface area (Å²) in [7, 11) is 1.59. The molecule has 0 radical (unpaired) electrons. The molecule has 0 aliphatic heterocycles. The third-order valence-electron chi connectivity index (χ3n) is 1.97. The van der Waals surface area contributed by atoms with Crippen molar-refractivity contribution in [3.63, 3.8) is 0 Å². The molecule has 0 aliphatic rings. The third-order valence-corrected chi connectivity index (χ3v) is 2.27. The van der Waals surface area contributed by atoms with Gasteiger partial charge in [0.2, 0.25) is 5.88 Å². The van der Waals surface area contributed by atoms with E-state index in [-0.39, 0.29) is 23.1 Å². The van der Waals surface area contributed by atoms with Crippen molar-refractivity contribution in [1.29, 1.82) is 0 Å². The van der Waals surface area contributed by atoms with Crippen LogP contribution >= 0.6 is 11.6 Å². The molecule has 1 rings (SSSR count). The fourth-order valence-electron chi connectivity index (χ4n) is 1.11. The molecule has 1 heterocycles. The molecule has 0 aromatic carbocycles. The van der Waals surface area contributed by atoms with Gasteiger partial charge in [0.05, 0.1) is 36.6 Å². The molecule has 6 nitrogen and oxygen atoms in total. The van der Waals surface area contributed by atoms with Gasteiger partial charge in [-0.1, -0.05) is 11.6 Å². The number of hydrogen-bond donors (Lipinski definition) is 1. The molecule has 0 bridgehead atoms. The van der Waals surface area contributed by atoms with Crippen molar-refractivity contribution < 1.29 is 24.1 Å². The fourth-order valence-corrected chi connectivity index (χ4v) is 1.30. The topological polar surface area (TPSA) is 77.9 Å². The number of ether oxygens (including phenoxy) is 3. The number of rotatable bonds is 8. The average Bonchev–Trinajstić information content (AvgIpc) is 2.35. The first kappa shape index (κ1) is 14.7. The van der Waals surface area contributed by atoms with Crippen molar-refractivity contribution in [1.82, 2.24) is 4.98 Å². The second-order valence-electron chi connectivity index (χ2n) is 3.26. The van der Waals surface area contributed by atoms with Gasteiger partial charge in [0.25, 0.3) is 0 Å². The first-order valence-corrected chi connectivity index (χ1v) is 5.61. The monoisotopic (exact) mass is 275 g/mol. The molecular weight excluding hydrogens is 262 g/mol. The smallest absolute Gasteiger partial charge is 0.337 e. The molecule has 0 atom stereocenters. The number of carbonyl (C=O) groups is 1. The molecule has 18 heavy (non-hydrogen) atoms. The molecule has 1 aromatic rings. The van der Waals surface area contributed by atoms with Crippen LogP contribution in [-0.4, -0.2) is 49.6 Å². The third kappa shape index (κ3) is 4.87. The van der Waals surface area contributed by atoms with Crippen LogP contribution in [0.4, 0.5) is 0 Å². The molecule has 0 amide bonds. The number of methoxy groups -OCH3 is 1. The average molecular weight is 276 g/mol. The highest BCUT2D eigenvalue weighted by atomic mass is 35.5. The first-order chi connectivity index (χ1) is 8.65. The number of nitrogens with zero attached hydrogens (tertiary/aromatic N) is 1. The summed E-state index contributed by atoms with van der Waals surface area (Å²) in [6.45, 7) is 1.64. The molecule has 0 aliphatic carbocycles. The predicted molar refractivity (Wildman–Crippen MR) is 64.4 cm³/mol. The van der Waals surface area contributed by atoms with E-state index in [1.54, 1.807) is 7.11 Å². The number of halogens is 1. The first-order valence-electron chi connectivity index (χ1n) is 5.23. The van der Waals surface area contributed by atoms with Crippen LogP contribution in [0.2, 0.25) is 5.02 Å². The minimum absolute atomic E-state index is 0.0398. The van der Waals surface area contributed by atoms with Gasteiger partial charge in [0.1, 0.15) is 6.61 Å². The lowest BCUT2D eigenvalue weighted by atomic mass is 10.3. The van der Waals surface area contributed by atoms with Crippen LogP contribution in [0, 0.1) is 0 Å². The second-order valence-corrected chi connectivity index (χ2v) is 3.67. The van der Waals surface area contributed by atoms with Crippen LogP contribution < -0.4 is 4.74 Å². The Kier molecular flexibility index (Phi) is 6.42. The Bertz CT molecular complexity index is 399. The lowest BCUT2D eigenvalue weighted by molar-refractivity contribution is 0.0536. The Balaban J connectivity index is 2.38. The summed E-state index contributed by atoms with van der Waals surface area (Å²) in [5, 5.41) is 8.93. The molecule has 100 valence electrons. The number of aromatic nitrogens is 1. The molecule has 0 unspecified atom stereocenters. The van der Waals surface area contributed by atoms with Gasteiger partial charge in [-0.3, -0.25) is 0 Å². The summed E-state index contributed by atoms with van der Waals surface area (Å²) in [6, 6.07) is 1.28. The molecule has 0 saturated heterocycles. The maximum Gasteiger partial charge on any atom is 0.337 e. The van der Waals surface area contributed by atoms with Crippen LogP contribution in [0.25, 0.3) is 0 Å². The molecular formula is C11H14ClNO5. The standard InChI is InChI=1S/C11H14ClNO5/c1-16-2-3-17-4-5-18-10-6-8(11(14)15)9(12)7-13-10/h6-7H,2-5H2,1H3,(H,14,15). The zero-order valence-corrected chi connectivity index (χ0v) is 10.6. The van der Waals surface area contributed by atoms with Crippen LogP contribution in [0.5, 0.6) is 5.88 Å². The van der Waals surface area contributed by atoms with Crippen LogP contribution in [0.15, 0.2) is 12.3 Å². The highest BCUT2D eigenvalue weighted by Crippen LogP contribution is 2.19. The van der Waals surface area contributed by atoms with E-state index in [0.717, 1.165) is 0 Å². The van der Waals surface area contributed by atoms with Gasteiger partial charge in [-0.15, -0.1) is 0 Å². The molecule has 0 spiro atoms. The highest BCUT2D eigenvalue weighted by Gasteiger charge is 2.10. The van der Waals surface area contributed by atoms with Gasteiger partial charge in [0, 0.05) is 13.2 Å². The van der Waals surface area contributed by atoms with E-state index >= 15 is 0 Å². The number of carboxylic acid groups (broad SMARTS) is 1. The lowest BCUT2D eigenvalue weighted by Gasteiger charge is -2.07. The predicted octanol–water partition coefficient (Wildman–Crippen LogP) is 1.47. The van der Waals surface area contributed by atoms with E-state index in [4.69, 9.17) is 30.9 Å². The zero-order chi connectivity index (χ0) is 13.4. The van der Waals surface area contributed by atoms with Crippen molar-refractivity contribution in [2.45, 2.75) is 0 Å². The van der Waals surface area contributed by atoms with Crippen molar-refractivity contribution >= 4 is 17.6 Å². The minimum Gasteiger partial charge on any atom is -0.478 e. The lowest BCUT2D eigenvalue weighted by Crippen LogP contribution is -2.11. The Morgan fingerprint density at radius 2 is 2.11 bits per heavy atom. The molecule has 0 fully saturated rings. The maximum atomic E-state index is 10.8. The summed E-state index contributed by atoms with van der Waals surface area (Å²) in [6.07, 6.45) is 1.24. The largest absolute Gasteiger partial charge is 0.478 e. The van der Waals surface area contributed by atoms with Crippen LogP contribution in [-0.2, 0) is 9.47 Å². The molecule has 7 heteroatoms. The molecule has 1 aromatic heterocycles. The van der Waals surface area contributed by atoms with Crippen molar-refractivity contribution in [2.75, 3.05) is 33.5 Å². The molecule has 1 N–H and O–H groups in total. The van der Waals surface area contributed by atoms with E-state index in [9.17, 15) is 4.79 Å². The Labute approximate surface area is 109 Å². The van der Waals surface area contributed by atoms with E-state index < -0.39 is 5.97 Å². The number of carboxylic acids is 1. The van der Waals surface area contributed by atoms with Crippen molar-refractivity contribution in [3.05, 3.63) is 22.8 Å². The summed E-state index contributed by atoms with van der Waals surface area (Å²) in [4.78, 5) is 14.7. The van der Waals surface area contributed by atoms with Crippen LogP contribution in [0.3, 0.4) is 0 Å². The summed E-state index contributed by atoms with van der Waals surface area (Å²) in [5.41, 5.74) is -0.0398.